The number of carboxylic acids is 1. The molecule has 0 unspecified atom stereocenters. The van der Waals surface area contributed by atoms with Gasteiger partial charge in [0.2, 0.25) is 0 Å². The van der Waals surface area contributed by atoms with Crippen LogP contribution in [-0.2, 0) is 4.79 Å². The van der Waals surface area contributed by atoms with Crippen LogP contribution in [0.5, 0.6) is 0 Å². The lowest BCUT2D eigenvalue weighted by Gasteiger charge is -2.17. The minimum Gasteiger partial charge on any atom is -0.481 e. The standard InChI is InChI=1S/C13H19N3O3/c1-9(2)5-10(6-12(17)18)7-16-13(19)11-8-14-3-4-15-11/h3-4,8-10H,5-7H2,1-2H3,(H,16,19)(H,17,18)/t10-/m0/s1. The van der Waals surface area contributed by atoms with Gasteiger partial charge in [-0.3, -0.25) is 14.6 Å². The summed E-state index contributed by atoms with van der Waals surface area (Å²) in [4.78, 5) is 30.2. The number of aromatic nitrogens is 2. The van der Waals surface area contributed by atoms with Crippen molar-refractivity contribution in [2.75, 3.05) is 6.54 Å². The van der Waals surface area contributed by atoms with Gasteiger partial charge < -0.3 is 10.4 Å². The monoisotopic (exact) mass is 265 g/mol. The Hall–Kier alpha value is -1.98. The molecular formula is C13H19N3O3. The minimum absolute atomic E-state index is 0.0545. The van der Waals surface area contributed by atoms with Crippen LogP contribution in [-0.4, -0.2) is 33.5 Å². The average molecular weight is 265 g/mol. The molecule has 0 aliphatic heterocycles. The van der Waals surface area contributed by atoms with Gasteiger partial charge in [0, 0.05) is 25.4 Å². The van der Waals surface area contributed by atoms with E-state index in [1.54, 1.807) is 0 Å². The fourth-order valence-electron chi connectivity index (χ4n) is 1.90. The molecule has 1 aromatic rings. The van der Waals surface area contributed by atoms with Crippen LogP contribution in [0.1, 0.15) is 37.2 Å². The lowest BCUT2D eigenvalue weighted by molar-refractivity contribution is -0.138. The number of hydrogen-bond donors (Lipinski definition) is 2. The molecule has 6 nitrogen and oxygen atoms in total. The summed E-state index contributed by atoms with van der Waals surface area (Å²) in [7, 11) is 0. The molecule has 1 amide bonds. The van der Waals surface area contributed by atoms with Gasteiger partial charge in [0.15, 0.2) is 0 Å². The molecule has 1 rings (SSSR count). The van der Waals surface area contributed by atoms with Crippen molar-refractivity contribution in [3.8, 4) is 0 Å². The molecule has 0 bridgehead atoms. The van der Waals surface area contributed by atoms with Crippen LogP contribution in [0.2, 0.25) is 0 Å². The first-order chi connectivity index (χ1) is 8.99. The first kappa shape index (κ1) is 15.1. The zero-order valence-electron chi connectivity index (χ0n) is 11.2. The molecule has 104 valence electrons. The third-order valence-corrected chi connectivity index (χ3v) is 2.62. The number of nitrogens with zero attached hydrogens (tertiary/aromatic N) is 2. The van der Waals surface area contributed by atoms with Crippen LogP contribution < -0.4 is 5.32 Å². The van der Waals surface area contributed by atoms with E-state index in [1.165, 1.54) is 18.6 Å². The number of nitrogens with one attached hydrogen (secondary N) is 1. The second-order valence-corrected chi connectivity index (χ2v) is 4.89. The average Bonchev–Trinajstić information content (AvgIpc) is 2.35. The van der Waals surface area contributed by atoms with Crippen LogP contribution in [0.25, 0.3) is 0 Å². The second-order valence-electron chi connectivity index (χ2n) is 4.89. The Labute approximate surface area is 112 Å². The minimum atomic E-state index is -0.848. The van der Waals surface area contributed by atoms with Crippen LogP contribution in [0.15, 0.2) is 18.6 Å². The van der Waals surface area contributed by atoms with Crippen LogP contribution in [0.3, 0.4) is 0 Å². The molecule has 1 atom stereocenters. The highest BCUT2D eigenvalue weighted by Crippen LogP contribution is 2.14. The van der Waals surface area contributed by atoms with Crippen LogP contribution in [0, 0.1) is 11.8 Å². The molecule has 0 radical (unpaired) electrons. The number of hydrogen-bond acceptors (Lipinski definition) is 4. The maximum atomic E-state index is 11.8. The maximum absolute atomic E-state index is 11.8. The summed E-state index contributed by atoms with van der Waals surface area (Å²) in [5, 5.41) is 11.5. The first-order valence-electron chi connectivity index (χ1n) is 6.25. The van der Waals surface area contributed by atoms with Crippen molar-refractivity contribution < 1.29 is 14.7 Å². The van der Waals surface area contributed by atoms with E-state index in [1.807, 2.05) is 13.8 Å². The Balaban J connectivity index is 2.51. The number of aliphatic carboxylic acids is 1. The van der Waals surface area contributed by atoms with Crippen molar-refractivity contribution in [3.05, 3.63) is 24.3 Å². The zero-order valence-corrected chi connectivity index (χ0v) is 11.2. The Bertz CT molecular complexity index is 420. The lowest BCUT2D eigenvalue weighted by atomic mass is 9.94. The smallest absolute Gasteiger partial charge is 0.303 e. The van der Waals surface area contributed by atoms with E-state index in [-0.39, 0.29) is 23.9 Å². The molecule has 19 heavy (non-hydrogen) atoms. The summed E-state index contributed by atoms with van der Waals surface area (Å²) in [6.45, 7) is 4.39. The van der Waals surface area contributed by atoms with Gasteiger partial charge in [0.25, 0.3) is 5.91 Å². The Morgan fingerprint density at radius 1 is 1.37 bits per heavy atom. The van der Waals surface area contributed by atoms with Crippen LogP contribution in [0.4, 0.5) is 0 Å². The van der Waals surface area contributed by atoms with E-state index >= 15 is 0 Å². The largest absolute Gasteiger partial charge is 0.481 e. The normalized spacial score (nSPS) is 12.2. The van der Waals surface area contributed by atoms with E-state index in [2.05, 4.69) is 15.3 Å². The lowest BCUT2D eigenvalue weighted by Crippen LogP contribution is -2.31. The summed E-state index contributed by atoms with van der Waals surface area (Å²) < 4.78 is 0. The Morgan fingerprint density at radius 2 is 2.11 bits per heavy atom. The maximum Gasteiger partial charge on any atom is 0.303 e. The predicted molar refractivity (Wildman–Crippen MR) is 69.6 cm³/mol. The van der Waals surface area contributed by atoms with Gasteiger partial charge in [-0.2, -0.15) is 0 Å². The number of carboxylic acid groups (broad SMARTS) is 1. The number of rotatable bonds is 7. The van der Waals surface area contributed by atoms with Crippen molar-refractivity contribution in [3.63, 3.8) is 0 Å². The highest BCUT2D eigenvalue weighted by molar-refractivity contribution is 5.91. The van der Waals surface area contributed by atoms with Crippen molar-refractivity contribution in [2.24, 2.45) is 11.8 Å². The quantitative estimate of drug-likeness (QED) is 0.776. The molecule has 6 heteroatoms. The van der Waals surface area contributed by atoms with Crippen molar-refractivity contribution in [1.29, 1.82) is 0 Å². The van der Waals surface area contributed by atoms with Gasteiger partial charge >= 0.3 is 5.97 Å². The van der Waals surface area contributed by atoms with Gasteiger partial charge in [-0.1, -0.05) is 13.8 Å². The van der Waals surface area contributed by atoms with E-state index < -0.39 is 5.97 Å². The topological polar surface area (TPSA) is 92.2 Å². The molecule has 0 aliphatic rings. The molecular weight excluding hydrogens is 246 g/mol. The number of amides is 1. The second kappa shape index (κ2) is 7.45. The molecule has 2 N–H and O–H groups in total. The van der Waals surface area contributed by atoms with E-state index in [0.717, 1.165) is 6.42 Å². The molecule has 0 spiro atoms. The third kappa shape index (κ3) is 5.94. The fraction of sp³-hybridized carbons (Fsp3) is 0.538. The molecule has 0 saturated carbocycles. The summed E-state index contributed by atoms with van der Waals surface area (Å²) >= 11 is 0. The Morgan fingerprint density at radius 3 is 2.63 bits per heavy atom. The highest BCUT2D eigenvalue weighted by Gasteiger charge is 2.16. The summed E-state index contributed by atoms with van der Waals surface area (Å²) in [6.07, 6.45) is 5.12. The molecule has 0 saturated heterocycles. The van der Waals surface area contributed by atoms with Gasteiger partial charge in [0.05, 0.1) is 6.20 Å². The van der Waals surface area contributed by atoms with Gasteiger partial charge in [0.1, 0.15) is 5.69 Å². The van der Waals surface area contributed by atoms with Gasteiger partial charge in [-0.15, -0.1) is 0 Å². The third-order valence-electron chi connectivity index (χ3n) is 2.62. The van der Waals surface area contributed by atoms with Crippen molar-refractivity contribution in [1.82, 2.24) is 15.3 Å². The molecule has 0 aliphatic carbocycles. The van der Waals surface area contributed by atoms with Gasteiger partial charge in [-0.25, -0.2) is 4.98 Å². The number of carbonyl (C=O) groups is 2. The van der Waals surface area contributed by atoms with Gasteiger partial charge in [-0.05, 0) is 18.3 Å². The molecule has 1 aromatic heterocycles. The molecule has 0 fully saturated rings. The van der Waals surface area contributed by atoms with Crippen molar-refractivity contribution in [2.45, 2.75) is 26.7 Å². The zero-order chi connectivity index (χ0) is 14.3. The predicted octanol–water partition coefficient (Wildman–Crippen LogP) is 1.34. The van der Waals surface area contributed by atoms with E-state index in [0.29, 0.717) is 12.5 Å². The Kier molecular flexibility index (Phi) is 5.92. The van der Waals surface area contributed by atoms with E-state index in [9.17, 15) is 9.59 Å². The first-order valence-corrected chi connectivity index (χ1v) is 6.25. The summed E-state index contributed by atoms with van der Waals surface area (Å²) in [6, 6.07) is 0. The summed E-state index contributed by atoms with van der Waals surface area (Å²) in [5.74, 6) is -0.859. The number of carbonyl (C=O) groups excluding carboxylic acids is 1. The molecule has 0 aromatic carbocycles. The van der Waals surface area contributed by atoms with E-state index in [4.69, 9.17) is 5.11 Å². The molecule has 1 heterocycles. The fourth-order valence-corrected chi connectivity index (χ4v) is 1.90. The summed E-state index contributed by atoms with van der Waals surface area (Å²) in [5.41, 5.74) is 0.237. The van der Waals surface area contributed by atoms with Crippen molar-refractivity contribution >= 4 is 11.9 Å². The SMILES string of the molecule is CC(C)C[C@H](CNC(=O)c1cnccn1)CC(=O)O. The van der Waals surface area contributed by atoms with Crippen LogP contribution >= 0.6 is 0 Å². The highest BCUT2D eigenvalue weighted by atomic mass is 16.4.